The van der Waals surface area contributed by atoms with E-state index in [-0.39, 0.29) is 18.2 Å². The molecule has 154 valence electrons. The van der Waals surface area contributed by atoms with Crippen molar-refractivity contribution in [2.75, 3.05) is 23.9 Å². The highest BCUT2D eigenvalue weighted by Crippen LogP contribution is 2.33. The van der Waals surface area contributed by atoms with Gasteiger partial charge < -0.3 is 15.0 Å². The number of carbonyl (C=O) groups excluding carboxylic acids is 2. The van der Waals surface area contributed by atoms with E-state index in [0.717, 1.165) is 28.2 Å². The molecule has 0 bridgehead atoms. The standard InChI is InChI=1S/C23H23N3O3S/c1-3-19-21(15-8-5-4-6-9-15)24-23(30-19)25-22(28)16-12-20(27)26(14-16)17-10-7-11-18(13-17)29-2/h4-11,13,16H,3,12,14H2,1-2H3,(H,24,25,28)/t16-/m0/s1. The van der Waals surface area contributed by atoms with E-state index in [0.29, 0.717) is 17.4 Å². The number of aromatic nitrogens is 1. The molecule has 30 heavy (non-hydrogen) atoms. The average molecular weight is 422 g/mol. The van der Waals surface area contributed by atoms with E-state index < -0.39 is 5.92 Å². The number of amides is 2. The molecule has 0 unspecified atom stereocenters. The molecule has 6 nitrogen and oxygen atoms in total. The van der Waals surface area contributed by atoms with Gasteiger partial charge in [-0.25, -0.2) is 4.98 Å². The summed E-state index contributed by atoms with van der Waals surface area (Å²) in [5.74, 6) is 0.0147. The molecule has 2 aromatic carbocycles. The summed E-state index contributed by atoms with van der Waals surface area (Å²) in [6, 6.07) is 17.3. The smallest absolute Gasteiger partial charge is 0.231 e. The third kappa shape index (κ3) is 4.07. The zero-order valence-electron chi connectivity index (χ0n) is 16.9. The van der Waals surface area contributed by atoms with Crippen LogP contribution in [0.5, 0.6) is 5.75 Å². The summed E-state index contributed by atoms with van der Waals surface area (Å²) in [6.45, 7) is 2.42. The van der Waals surface area contributed by atoms with Crippen LogP contribution in [-0.4, -0.2) is 30.5 Å². The van der Waals surface area contributed by atoms with Gasteiger partial charge in [-0.3, -0.25) is 9.59 Å². The molecule has 1 aliphatic heterocycles. The minimum absolute atomic E-state index is 0.0678. The summed E-state index contributed by atoms with van der Waals surface area (Å²) in [4.78, 5) is 32.8. The summed E-state index contributed by atoms with van der Waals surface area (Å²) in [6.07, 6.45) is 1.02. The molecule has 0 saturated carbocycles. The maximum Gasteiger partial charge on any atom is 0.231 e. The van der Waals surface area contributed by atoms with Crippen LogP contribution in [0.15, 0.2) is 54.6 Å². The molecule has 1 saturated heterocycles. The van der Waals surface area contributed by atoms with Crippen LogP contribution >= 0.6 is 11.3 Å². The first-order chi connectivity index (χ1) is 14.6. The highest BCUT2D eigenvalue weighted by Gasteiger charge is 2.35. The van der Waals surface area contributed by atoms with Crippen molar-refractivity contribution in [3.05, 3.63) is 59.5 Å². The first-order valence-electron chi connectivity index (χ1n) is 9.89. The molecule has 4 rings (SSSR count). The Morgan fingerprint density at radius 3 is 2.77 bits per heavy atom. The monoisotopic (exact) mass is 421 g/mol. The van der Waals surface area contributed by atoms with Gasteiger partial charge in [0.05, 0.1) is 18.7 Å². The largest absolute Gasteiger partial charge is 0.497 e. The summed E-state index contributed by atoms with van der Waals surface area (Å²) < 4.78 is 5.24. The van der Waals surface area contributed by atoms with Crippen LogP contribution < -0.4 is 15.0 Å². The maximum absolute atomic E-state index is 12.9. The number of methoxy groups -OCH3 is 1. The molecule has 1 aliphatic rings. The first-order valence-corrected chi connectivity index (χ1v) is 10.7. The first kappa shape index (κ1) is 20.1. The second kappa shape index (κ2) is 8.67. The van der Waals surface area contributed by atoms with Crippen LogP contribution in [0, 0.1) is 5.92 Å². The Hall–Kier alpha value is -3.19. The molecule has 1 atom stereocenters. The van der Waals surface area contributed by atoms with E-state index in [1.54, 1.807) is 18.1 Å². The quantitative estimate of drug-likeness (QED) is 0.641. The van der Waals surface area contributed by atoms with E-state index in [1.165, 1.54) is 11.3 Å². The Labute approximate surface area is 179 Å². The van der Waals surface area contributed by atoms with Crippen LogP contribution in [0.3, 0.4) is 0 Å². The van der Waals surface area contributed by atoms with Gasteiger partial charge in [-0.15, -0.1) is 11.3 Å². The molecule has 7 heteroatoms. The number of aryl methyl sites for hydroxylation is 1. The number of carbonyl (C=O) groups is 2. The molecule has 1 fully saturated rings. The second-order valence-electron chi connectivity index (χ2n) is 7.11. The molecule has 0 radical (unpaired) electrons. The van der Waals surface area contributed by atoms with Crippen molar-refractivity contribution in [2.24, 2.45) is 5.92 Å². The molecule has 1 aromatic heterocycles. The van der Waals surface area contributed by atoms with Crippen LogP contribution in [0.25, 0.3) is 11.3 Å². The Morgan fingerprint density at radius 2 is 2.03 bits per heavy atom. The van der Waals surface area contributed by atoms with E-state index in [1.807, 2.05) is 48.5 Å². The van der Waals surface area contributed by atoms with Gasteiger partial charge in [0.25, 0.3) is 0 Å². The molecule has 2 amide bonds. The number of hydrogen-bond donors (Lipinski definition) is 1. The Bertz CT molecular complexity index is 1060. The Morgan fingerprint density at radius 1 is 1.23 bits per heavy atom. The Balaban J connectivity index is 1.48. The van der Waals surface area contributed by atoms with Crippen molar-refractivity contribution in [1.29, 1.82) is 0 Å². The lowest BCUT2D eigenvalue weighted by molar-refractivity contribution is -0.122. The fourth-order valence-corrected chi connectivity index (χ4v) is 4.51. The highest BCUT2D eigenvalue weighted by atomic mass is 32.1. The summed E-state index contributed by atoms with van der Waals surface area (Å²) in [5, 5.41) is 3.50. The van der Waals surface area contributed by atoms with Crippen molar-refractivity contribution in [2.45, 2.75) is 19.8 Å². The summed E-state index contributed by atoms with van der Waals surface area (Å²) in [7, 11) is 1.59. The van der Waals surface area contributed by atoms with Crippen LogP contribution in [0.1, 0.15) is 18.2 Å². The van der Waals surface area contributed by atoms with E-state index in [2.05, 4.69) is 17.2 Å². The van der Waals surface area contributed by atoms with E-state index in [4.69, 9.17) is 4.74 Å². The van der Waals surface area contributed by atoms with Gasteiger partial charge in [-0.2, -0.15) is 0 Å². The number of nitrogens with one attached hydrogen (secondary N) is 1. The molecule has 3 aromatic rings. The lowest BCUT2D eigenvalue weighted by Crippen LogP contribution is -2.28. The summed E-state index contributed by atoms with van der Waals surface area (Å²) in [5.41, 5.74) is 2.67. The lowest BCUT2D eigenvalue weighted by atomic mass is 10.1. The third-order valence-corrected chi connectivity index (χ3v) is 6.27. The van der Waals surface area contributed by atoms with E-state index >= 15 is 0 Å². The number of benzene rings is 2. The fraction of sp³-hybridized carbons (Fsp3) is 0.261. The maximum atomic E-state index is 12.9. The third-order valence-electron chi connectivity index (χ3n) is 5.16. The normalized spacial score (nSPS) is 16.0. The highest BCUT2D eigenvalue weighted by molar-refractivity contribution is 7.16. The van der Waals surface area contributed by atoms with Gasteiger partial charge in [0.1, 0.15) is 5.75 Å². The number of thiazole rings is 1. The topological polar surface area (TPSA) is 71.5 Å². The van der Waals surface area contributed by atoms with Crippen molar-refractivity contribution < 1.29 is 14.3 Å². The number of nitrogens with zero attached hydrogens (tertiary/aromatic N) is 2. The lowest BCUT2D eigenvalue weighted by Gasteiger charge is -2.17. The van der Waals surface area contributed by atoms with Crippen LogP contribution in [-0.2, 0) is 16.0 Å². The minimum atomic E-state index is -0.419. The molecular formula is C23H23N3O3S. The van der Waals surface area contributed by atoms with E-state index in [9.17, 15) is 9.59 Å². The number of hydrogen-bond acceptors (Lipinski definition) is 5. The SMILES string of the molecule is CCc1sc(NC(=O)[C@H]2CC(=O)N(c3cccc(OC)c3)C2)nc1-c1ccccc1. The molecule has 2 heterocycles. The predicted octanol–water partition coefficient (Wildman–Crippen LogP) is 4.37. The van der Waals surface area contributed by atoms with Crippen molar-refractivity contribution >= 4 is 34.0 Å². The second-order valence-corrected chi connectivity index (χ2v) is 8.19. The fourth-order valence-electron chi connectivity index (χ4n) is 3.58. The van der Waals surface area contributed by atoms with Crippen LogP contribution in [0.4, 0.5) is 10.8 Å². The van der Waals surface area contributed by atoms with Crippen molar-refractivity contribution in [1.82, 2.24) is 4.98 Å². The van der Waals surface area contributed by atoms with Gasteiger partial charge >= 0.3 is 0 Å². The zero-order valence-corrected chi connectivity index (χ0v) is 17.7. The minimum Gasteiger partial charge on any atom is -0.497 e. The van der Waals surface area contributed by atoms with Gasteiger partial charge in [0, 0.05) is 35.2 Å². The molecular weight excluding hydrogens is 398 g/mol. The molecule has 0 aliphatic carbocycles. The predicted molar refractivity (Wildman–Crippen MR) is 119 cm³/mol. The Kier molecular flexibility index (Phi) is 5.81. The van der Waals surface area contributed by atoms with Gasteiger partial charge in [0.2, 0.25) is 11.8 Å². The number of anilines is 2. The van der Waals surface area contributed by atoms with Crippen LogP contribution in [0.2, 0.25) is 0 Å². The van der Waals surface area contributed by atoms with Gasteiger partial charge in [-0.05, 0) is 18.6 Å². The molecule has 0 spiro atoms. The zero-order chi connectivity index (χ0) is 21.1. The molecule has 1 N–H and O–H groups in total. The van der Waals surface area contributed by atoms with Gasteiger partial charge in [0.15, 0.2) is 5.13 Å². The van der Waals surface area contributed by atoms with Crippen molar-refractivity contribution in [3.63, 3.8) is 0 Å². The summed E-state index contributed by atoms with van der Waals surface area (Å²) >= 11 is 1.49. The number of rotatable bonds is 6. The van der Waals surface area contributed by atoms with Crippen molar-refractivity contribution in [3.8, 4) is 17.0 Å². The van der Waals surface area contributed by atoms with Gasteiger partial charge in [-0.1, -0.05) is 43.3 Å². The number of ether oxygens (including phenoxy) is 1. The average Bonchev–Trinajstić information content (AvgIpc) is 3.37.